The Hall–Kier alpha value is -4.15. The molecule has 0 atom stereocenters. The molecule has 0 unspecified atom stereocenters. The second-order valence-corrected chi connectivity index (χ2v) is 8.98. The van der Waals surface area contributed by atoms with Crippen LogP contribution in [0, 0.1) is 0 Å². The van der Waals surface area contributed by atoms with E-state index in [0.29, 0.717) is 17.2 Å². The molecule has 6 rings (SSSR count). The zero-order valence-electron chi connectivity index (χ0n) is 19.3. The highest BCUT2D eigenvalue weighted by Crippen LogP contribution is 2.30. The van der Waals surface area contributed by atoms with E-state index in [0.717, 1.165) is 43.3 Å². The molecule has 0 fully saturated rings. The molecule has 0 saturated carbocycles. The van der Waals surface area contributed by atoms with Crippen LogP contribution in [0.3, 0.4) is 0 Å². The van der Waals surface area contributed by atoms with E-state index in [1.807, 2.05) is 91.0 Å². The van der Waals surface area contributed by atoms with Gasteiger partial charge in [0.1, 0.15) is 0 Å². The Morgan fingerprint density at radius 3 is 1.42 bits per heavy atom. The van der Waals surface area contributed by atoms with E-state index in [4.69, 9.17) is 0 Å². The topological polar surface area (TPSA) is 51.2 Å². The largest absolute Gasteiger partial charge is 0.294 e. The van der Waals surface area contributed by atoms with Crippen molar-refractivity contribution in [3.8, 4) is 0 Å². The summed E-state index contributed by atoms with van der Waals surface area (Å²) in [4.78, 5) is 34.5. The van der Waals surface area contributed by atoms with Gasteiger partial charge in [0.25, 0.3) is 0 Å². The SMILES string of the molecule is O=C(CBr)c1cc2ccccc2c2ccccc12.O=CC(=O)c1cc2ccccc2c2ccccc12. The summed E-state index contributed by atoms with van der Waals surface area (Å²) in [5, 5.41) is 8.72. The third-order valence-corrected chi connectivity index (χ3v) is 6.84. The predicted molar refractivity (Wildman–Crippen MR) is 151 cm³/mol. The van der Waals surface area contributed by atoms with Gasteiger partial charge in [-0.25, -0.2) is 0 Å². The van der Waals surface area contributed by atoms with Gasteiger partial charge in [0, 0.05) is 11.1 Å². The average molecular weight is 533 g/mol. The second kappa shape index (κ2) is 10.2. The first-order valence-corrected chi connectivity index (χ1v) is 12.6. The summed E-state index contributed by atoms with van der Waals surface area (Å²) >= 11 is 3.25. The number of ketones is 2. The minimum atomic E-state index is -0.475. The molecule has 0 bridgehead atoms. The number of halogens is 1. The van der Waals surface area contributed by atoms with Crippen LogP contribution in [-0.4, -0.2) is 23.2 Å². The molecule has 0 heterocycles. The third-order valence-electron chi connectivity index (χ3n) is 6.33. The molecule has 0 amide bonds. The first kappa shape index (κ1) is 23.6. The predicted octanol–water partition coefficient (Wildman–Crippen LogP) is 7.95. The summed E-state index contributed by atoms with van der Waals surface area (Å²) in [7, 11) is 0. The Kier molecular flexibility index (Phi) is 6.70. The first-order chi connectivity index (χ1) is 17.6. The molecule has 0 aliphatic carbocycles. The minimum absolute atomic E-state index is 0.122. The van der Waals surface area contributed by atoms with Crippen molar-refractivity contribution in [3.63, 3.8) is 0 Å². The van der Waals surface area contributed by atoms with E-state index < -0.39 is 5.78 Å². The van der Waals surface area contributed by atoms with Crippen LogP contribution in [0.2, 0.25) is 0 Å². The van der Waals surface area contributed by atoms with Gasteiger partial charge in [-0.3, -0.25) is 14.4 Å². The fourth-order valence-electron chi connectivity index (χ4n) is 4.68. The van der Waals surface area contributed by atoms with E-state index >= 15 is 0 Å². The maximum Gasteiger partial charge on any atom is 0.226 e. The maximum absolute atomic E-state index is 12.0. The number of fused-ring (bicyclic) bond motifs is 6. The van der Waals surface area contributed by atoms with E-state index in [1.54, 1.807) is 6.07 Å². The van der Waals surface area contributed by atoms with Gasteiger partial charge in [-0.05, 0) is 55.2 Å². The molecule has 0 radical (unpaired) electrons. The number of aldehydes is 1. The van der Waals surface area contributed by atoms with Crippen molar-refractivity contribution in [1.29, 1.82) is 0 Å². The Balaban J connectivity index is 0.000000148. The molecule has 4 heteroatoms. The Labute approximate surface area is 216 Å². The van der Waals surface area contributed by atoms with Crippen LogP contribution in [0.5, 0.6) is 0 Å². The van der Waals surface area contributed by atoms with Crippen molar-refractivity contribution in [2.75, 3.05) is 5.33 Å². The summed E-state index contributed by atoms with van der Waals surface area (Å²) in [6.07, 6.45) is 0.372. The molecular weight excluding hydrogens is 512 g/mol. The Morgan fingerprint density at radius 1 is 0.556 bits per heavy atom. The normalized spacial score (nSPS) is 10.8. The van der Waals surface area contributed by atoms with Gasteiger partial charge in [0.05, 0.1) is 5.33 Å². The van der Waals surface area contributed by atoms with E-state index in [1.165, 1.54) is 5.39 Å². The molecule has 3 nitrogen and oxygen atoms in total. The van der Waals surface area contributed by atoms with E-state index in [2.05, 4.69) is 28.1 Å². The molecule has 0 saturated heterocycles. The standard InChI is InChI=1S/C16H11BrO.C16H10O2/c2*17-10-16(18)15-9-11-5-1-2-6-12(11)13-7-3-4-8-14(13)15/h1-9H,10H2;1-10H. The van der Waals surface area contributed by atoms with Crippen LogP contribution in [0.1, 0.15) is 20.7 Å². The number of carbonyl (C=O) groups excluding carboxylic acids is 3. The Bertz CT molecular complexity index is 1790. The van der Waals surface area contributed by atoms with E-state index in [-0.39, 0.29) is 5.78 Å². The van der Waals surface area contributed by atoms with Crippen LogP contribution in [-0.2, 0) is 4.79 Å². The highest BCUT2D eigenvalue weighted by atomic mass is 79.9. The molecule has 0 spiro atoms. The Morgan fingerprint density at radius 2 is 0.944 bits per heavy atom. The molecule has 174 valence electrons. The fourth-order valence-corrected chi connectivity index (χ4v) is 4.98. The van der Waals surface area contributed by atoms with Crippen molar-refractivity contribution in [2.45, 2.75) is 0 Å². The minimum Gasteiger partial charge on any atom is -0.294 e. The van der Waals surface area contributed by atoms with Gasteiger partial charge < -0.3 is 0 Å². The second-order valence-electron chi connectivity index (χ2n) is 8.42. The van der Waals surface area contributed by atoms with Crippen molar-refractivity contribution in [2.24, 2.45) is 0 Å². The lowest BCUT2D eigenvalue weighted by molar-refractivity contribution is -0.104. The van der Waals surface area contributed by atoms with Gasteiger partial charge in [-0.15, -0.1) is 0 Å². The molecule has 0 aliphatic rings. The number of hydrogen-bond acceptors (Lipinski definition) is 3. The average Bonchev–Trinajstić information content (AvgIpc) is 2.95. The van der Waals surface area contributed by atoms with Crippen molar-refractivity contribution in [3.05, 3.63) is 120 Å². The third kappa shape index (κ3) is 4.32. The van der Waals surface area contributed by atoms with Crippen LogP contribution in [0.15, 0.2) is 109 Å². The van der Waals surface area contributed by atoms with Crippen molar-refractivity contribution < 1.29 is 14.4 Å². The molecule has 36 heavy (non-hydrogen) atoms. The number of rotatable bonds is 4. The summed E-state index contributed by atoms with van der Waals surface area (Å²) in [5.74, 6) is -0.353. The number of hydrogen-bond donors (Lipinski definition) is 0. The summed E-state index contributed by atoms with van der Waals surface area (Å²) in [6.45, 7) is 0. The lowest BCUT2D eigenvalue weighted by atomic mass is 9.95. The van der Waals surface area contributed by atoms with Crippen molar-refractivity contribution >= 4 is 76.9 Å². The lowest BCUT2D eigenvalue weighted by Gasteiger charge is -2.08. The number of carbonyl (C=O) groups is 3. The molecule has 0 N–H and O–H groups in total. The molecule has 6 aromatic carbocycles. The number of alkyl halides is 1. The summed E-state index contributed by atoms with van der Waals surface area (Å²) in [5.41, 5.74) is 1.26. The van der Waals surface area contributed by atoms with Crippen molar-refractivity contribution in [1.82, 2.24) is 0 Å². The zero-order valence-corrected chi connectivity index (χ0v) is 20.9. The van der Waals surface area contributed by atoms with Crippen LogP contribution in [0.25, 0.3) is 43.1 Å². The van der Waals surface area contributed by atoms with Gasteiger partial charge in [0.15, 0.2) is 12.1 Å². The van der Waals surface area contributed by atoms with Gasteiger partial charge in [0.2, 0.25) is 5.78 Å². The first-order valence-electron chi connectivity index (χ1n) is 11.5. The molecule has 0 aliphatic heterocycles. The molecular formula is C32H21BrO3. The van der Waals surface area contributed by atoms with Gasteiger partial charge in [-0.1, -0.05) is 113 Å². The molecule has 6 aromatic rings. The monoisotopic (exact) mass is 532 g/mol. The lowest BCUT2D eigenvalue weighted by Crippen LogP contribution is -2.01. The number of benzene rings is 6. The van der Waals surface area contributed by atoms with Gasteiger partial charge in [-0.2, -0.15) is 0 Å². The number of Topliss-reactive ketones (excluding diaryl/α,β-unsaturated/α-hetero) is 2. The van der Waals surface area contributed by atoms with E-state index in [9.17, 15) is 14.4 Å². The van der Waals surface area contributed by atoms with Crippen LogP contribution >= 0.6 is 15.9 Å². The summed E-state index contributed by atoms with van der Waals surface area (Å²) in [6, 6.07) is 35.5. The van der Waals surface area contributed by atoms with Crippen LogP contribution < -0.4 is 0 Å². The summed E-state index contributed by atoms with van der Waals surface area (Å²) < 4.78 is 0. The smallest absolute Gasteiger partial charge is 0.226 e. The zero-order chi connectivity index (χ0) is 25.1. The highest BCUT2D eigenvalue weighted by Gasteiger charge is 2.12. The fraction of sp³-hybridized carbons (Fsp3) is 0.0312. The highest BCUT2D eigenvalue weighted by molar-refractivity contribution is 9.09. The maximum atomic E-state index is 12.0. The van der Waals surface area contributed by atoms with Gasteiger partial charge >= 0.3 is 0 Å². The quantitative estimate of drug-likeness (QED) is 0.0760. The molecule has 0 aromatic heterocycles. The van der Waals surface area contributed by atoms with Crippen LogP contribution in [0.4, 0.5) is 0 Å².